The molecule has 1 aromatic heterocycles. The molecule has 3 N–H and O–H groups in total. The molecular weight excluding hydrogens is 348 g/mol. The fourth-order valence-electron chi connectivity index (χ4n) is 1.51. The molecule has 2 rings (SSSR count). The van der Waals surface area contributed by atoms with Crippen molar-refractivity contribution in [2.24, 2.45) is 0 Å². The van der Waals surface area contributed by atoms with Crippen molar-refractivity contribution in [3.63, 3.8) is 0 Å². The van der Waals surface area contributed by atoms with Crippen LogP contribution in [-0.2, 0) is 22.3 Å². The maximum absolute atomic E-state index is 11.9. The van der Waals surface area contributed by atoms with E-state index in [1.807, 2.05) is 11.4 Å². The van der Waals surface area contributed by atoms with Crippen LogP contribution in [0, 0.1) is 0 Å². The van der Waals surface area contributed by atoms with Crippen molar-refractivity contribution >= 4 is 43.0 Å². The lowest BCUT2D eigenvalue weighted by atomic mass is 10.2. The smallest absolute Gasteiger partial charge is 0.216 e. The first kappa shape index (κ1) is 14.5. The lowest BCUT2D eigenvalue weighted by Crippen LogP contribution is -2.24. The maximum atomic E-state index is 11.9. The fraction of sp³-hybridized carbons (Fsp3) is 0.167. The van der Waals surface area contributed by atoms with Crippen LogP contribution in [0.15, 0.2) is 40.2 Å². The molecule has 0 aliphatic carbocycles. The average Bonchev–Trinajstić information content (AvgIpc) is 2.75. The Bertz CT molecular complexity index is 651. The summed E-state index contributed by atoms with van der Waals surface area (Å²) < 4.78 is 27.4. The van der Waals surface area contributed by atoms with Crippen LogP contribution in [0.5, 0.6) is 0 Å². The number of nitrogens with one attached hydrogen (secondary N) is 1. The highest BCUT2D eigenvalue weighted by atomic mass is 79.9. The molecule has 0 spiro atoms. The molecule has 0 bridgehead atoms. The minimum absolute atomic E-state index is 0.0454. The minimum Gasteiger partial charge on any atom is -0.399 e. The topological polar surface area (TPSA) is 72.2 Å². The average molecular weight is 361 g/mol. The van der Waals surface area contributed by atoms with E-state index in [0.29, 0.717) is 17.8 Å². The van der Waals surface area contributed by atoms with E-state index in [9.17, 15) is 8.42 Å². The predicted octanol–water partition coefficient (Wildman–Crippen LogP) is 2.71. The Labute approximate surface area is 124 Å². The van der Waals surface area contributed by atoms with Crippen molar-refractivity contribution in [1.82, 2.24) is 4.72 Å². The highest BCUT2D eigenvalue weighted by Crippen LogP contribution is 2.22. The molecule has 1 heterocycles. The van der Waals surface area contributed by atoms with Gasteiger partial charge in [0.15, 0.2) is 0 Å². The monoisotopic (exact) mass is 360 g/mol. The Balaban J connectivity index is 1.99. The fourth-order valence-corrected chi connectivity index (χ4v) is 4.13. The molecule has 4 nitrogen and oxygen atoms in total. The van der Waals surface area contributed by atoms with Crippen LogP contribution in [0.3, 0.4) is 0 Å². The van der Waals surface area contributed by atoms with Gasteiger partial charge < -0.3 is 5.73 Å². The third-order valence-corrected chi connectivity index (χ3v) is 5.70. The molecule has 7 heteroatoms. The number of nitrogen functional groups attached to an aromatic ring is 1. The van der Waals surface area contributed by atoms with Crippen LogP contribution in [0.1, 0.15) is 10.4 Å². The summed E-state index contributed by atoms with van der Waals surface area (Å²) >= 11 is 4.88. The van der Waals surface area contributed by atoms with Gasteiger partial charge in [0.2, 0.25) is 10.0 Å². The van der Waals surface area contributed by atoms with Gasteiger partial charge in [-0.05, 0) is 45.1 Å². The van der Waals surface area contributed by atoms with E-state index < -0.39 is 10.0 Å². The van der Waals surface area contributed by atoms with E-state index in [4.69, 9.17) is 5.73 Å². The summed E-state index contributed by atoms with van der Waals surface area (Å²) in [4.78, 5) is 0.959. The maximum Gasteiger partial charge on any atom is 0.216 e. The van der Waals surface area contributed by atoms with Crippen molar-refractivity contribution < 1.29 is 8.42 Å². The van der Waals surface area contributed by atoms with E-state index in [0.717, 1.165) is 9.35 Å². The second kappa shape index (κ2) is 6.04. The number of hydrogen-bond acceptors (Lipinski definition) is 4. The van der Waals surface area contributed by atoms with Crippen molar-refractivity contribution in [2.45, 2.75) is 12.3 Å². The Hall–Kier alpha value is -0.890. The Morgan fingerprint density at radius 1 is 1.21 bits per heavy atom. The van der Waals surface area contributed by atoms with Crippen molar-refractivity contribution in [2.75, 3.05) is 5.73 Å². The van der Waals surface area contributed by atoms with Crippen LogP contribution in [0.2, 0.25) is 0 Å². The van der Waals surface area contributed by atoms with E-state index in [1.54, 1.807) is 24.3 Å². The van der Waals surface area contributed by atoms with Gasteiger partial charge in [-0.25, -0.2) is 13.1 Å². The van der Waals surface area contributed by atoms with E-state index in [1.165, 1.54) is 11.3 Å². The molecular formula is C12H13BrN2O2S2. The molecule has 0 aliphatic rings. The van der Waals surface area contributed by atoms with Crippen LogP contribution in [-0.4, -0.2) is 8.42 Å². The predicted molar refractivity (Wildman–Crippen MR) is 82.3 cm³/mol. The molecule has 0 amide bonds. The molecule has 0 saturated heterocycles. The van der Waals surface area contributed by atoms with E-state index in [-0.39, 0.29) is 5.75 Å². The summed E-state index contributed by atoms with van der Waals surface area (Å²) in [6, 6.07) is 8.72. The van der Waals surface area contributed by atoms with Gasteiger partial charge in [-0.2, -0.15) is 0 Å². The molecule has 0 radical (unpaired) electrons. The molecule has 0 aliphatic heterocycles. The third kappa shape index (κ3) is 4.31. The first-order valence-corrected chi connectivity index (χ1v) is 8.82. The summed E-state index contributed by atoms with van der Waals surface area (Å²) in [5.41, 5.74) is 6.90. The minimum atomic E-state index is -3.35. The van der Waals surface area contributed by atoms with Crippen LogP contribution in [0.25, 0.3) is 0 Å². The Morgan fingerprint density at radius 3 is 2.47 bits per heavy atom. The van der Waals surface area contributed by atoms with Crippen LogP contribution < -0.4 is 10.5 Å². The van der Waals surface area contributed by atoms with Crippen LogP contribution >= 0.6 is 27.3 Å². The van der Waals surface area contributed by atoms with Gasteiger partial charge in [0.05, 0.1) is 5.75 Å². The molecule has 102 valence electrons. The summed E-state index contributed by atoms with van der Waals surface area (Å²) in [6.45, 7) is 0.301. The third-order valence-electron chi connectivity index (χ3n) is 2.48. The van der Waals surface area contributed by atoms with Gasteiger partial charge in [0.1, 0.15) is 0 Å². The molecule has 0 unspecified atom stereocenters. The molecule has 2 aromatic rings. The highest BCUT2D eigenvalue weighted by Gasteiger charge is 2.12. The standard InChI is InChI=1S/C12H13BrN2O2S2/c13-11-5-6-18-12(11)7-15-19(16,17)8-9-1-3-10(14)4-2-9/h1-6,15H,7-8,14H2. The first-order valence-electron chi connectivity index (χ1n) is 5.50. The number of sulfonamides is 1. The van der Waals surface area contributed by atoms with Crippen LogP contribution in [0.4, 0.5) is 5.69 Å². The summed E-state index contributed by atoms with van der Waals surface area (Å²) in [5.74, 6) is -0.0454. The number of thiophene rings is 1. The normalized spacial score (nSPS) is 11.6. The Kier molecular flexibility index (Phi) is 4.62. The van der Waals surface area contributed by atoms with Gasteiger partial charge in [-0.15, -0.1) is 11.3 Å². The van der Waals surface area contributed by atoms with Gasteiger partial charge >= 0.3 is 0 Å². The summed E-state index contributed by atoms with van der Waals surface area (Å²) in [6.07, 6.45) is 0. The first-order chi connectivity index (χ1) is 8.96. The number of halogens is 1. The molecule has 1 aromatic carbocycles. The number of rotatable bonds is 5. The zero-order valence-corrected chi connectivity index (χ0v) is 13.2. The largest absolute Gasteiger partial charge is 0.399 e. The molecule has 0 atom stereocenters. The lowest BCUT2D eigenvalue weighted by Gasteiger charge is -2.06. The van der Waals surface area contributed by atoms with E-state index >= 15 is 0 Å². The van der Waals surface area contributed by atoms with Crippen molar-refractivity contribution in [3.05, 3.63) is 50.6 Å². The highest BCUT2D eigenvalue weighted by molar-refractivity contribution is 9.10. The molecule has 19 heavy (non-hydrogen) atoms. The van der Waals surface area contributed by atoms with Gasteiger partial charge in [-0.1, -0.05) is 12.1 Å². The molecule has 0 fully saturated rings. The number of nitrogens with two attached hydrogens (primary N) is 1. The van der Waals surface area contributed by atoms with Gasteiger partial charge in [0, 0.05) is 21.6 Å². The number of benzene rings is 1. The Morgan fingerprint density at radius 2 is 1.89 bits per heavy atom. The zero-order valence-electron chi connectivity index (χ0n) is 9.97. The van der Waals surface area contributed by atoms with Crippen molar-refractivity contribution in [3.8, 4) is 0 Å². The van der Waals surface area contributed by atoms with Gasteiger partial charge in [0.25, 0.3) is 0 Å². The number of hydrogen-bond donors (Lipinski definition) is 2. The van der Waals surface area contributed by atoms with E-state index in [2.05, 4.69) is 20.7 Å². The second-order valence-electron chi connectivity index (χ2n) is 4.01. The zero-order chi connectivity index (χ0) is 13.9. The summed E-state index contributed by atoms with van der Waals surface area (Å²) in [5, 5.41) is 1.91. The summed E-state index contributed by atoms with van der Waals surface area (Å²) in [7, 11) is -3.35. The number of anilines is 1. The quantitative estimate of drug-likeness (QED) is 0.805. The molecule has 0 saturated carbocycles. The van der Waals surface area contributed by atoms with Gasteiger partial charge in [-0.3, -0.25) is 0 Å². The second-order valence-corrected chi connectivity index (χ2v) is 7.68. The lowest BCUT2D eigenvalue weighted by molar-refractivity contribution is 0.581. The SMILES string of the molecule is Nc1ccc(CS(=O)(=O)NCc2sccc2Br)cc1. The van der Waals surface area contributed by atoms with Crippen molar-refractivity contribution in [1.29, 1.82) is 0 Å².